The third-order valence-corrected chi connectivity index (χ3v) is 2.89. The smallest absolute Gasteiger partial charge is 0.323 e. The van der Waals surface area contributed by atoms with Crippen molar-refractivity contribution in [3.05, 3.63) is 0 Å². The van der Waals surface area contributed by atoms with Crippen LogP contribution < -0.4 is 5.32 Å². The summed E-state index contributed by atoms with van der Waals surface area (Å²) in [5.74, 6) is 1.40. The summed E-state index contributed by atoms with van der Waals surface area (Å²) in [5, 5.41) is 3.28. The molecule has 3 heteroatoms. The molecule has 0 spiro atoms. The van der Waals surface area contributed by atoms with Crippen LogP contribution in [0.3, 0.4) is 0 Å². The fourth-order valence-corrected chi connectivity index (χ4v) is 2.23. The minimum absolute atomic E-state index is 0.0617. The molecule has 0 unspecified atom stereocenters. The zero-order valence-electron chi connectivity index (χ0n) is 10.1. The average molecular weight is 213 g/mol. The summed E-state index contributed by atoms with van der Waals surface area (Å²) in [5.41, 5.74) is 0. The molecule has 3 nitrogen and oxygen atoms in total. The number of carbonyl (C=O) groups is 1. The van der Waals surface area contributed by atoms with E-state index in [-0.39, 0.29) is 12.0 Å². The number of nitrogens with one attached hydrogen (secondary N) is 1. The van der Waals surface area contributed by atoms with Gasteiger partial charge in [0.1, 0.15) is 6.04 Å². The molecule has 1 heterocycles. The predicted molar refractivity (Wildman–Crippen MR) is 60.6 cm³/mol. The third kappa shape index (κ3) is 4.20. The molecular formula is C12H23NO2. The van der Waals surface area contributed by atoms with Crippen molar-refractivity contribution in [2.24, 2.45) is 11.8 Å². The van der Waals surface area contributed by atoms with E-state index in [0.29, 0.717) is 6.61 Å². The fraction of sp³-hybridized carbons (Fsp3) is 0.917. The second kappa shape index (κ2) is 6.11. The summed E-state index contributed by atoms with van der Waals surface area (Å²) in [6.07, 6.45) is 3.33. The van der Waals surface area contributed by atoms with Crippen LogP contribution in [0.2, 0.25) is 0 Å². The lowest BCUT2D eigenvalue weighted by Gasteiger charge is -2.29. The van der Waals surface area contributed by atoms with Crippen LogP contribution in [0, 0.1) is 11.8 Å². The molecule has 1 fully saturated rings. The SMILES string of the molecule is CCOC(=O)[C@H]1CC[C@H](CC(C)C)CN1. The number of piperidine rings is 1. The normalized spacial score (nSPS) is 26.7. The molecule has 1 saturated heterocycles. The van der Waals surface area contributed by atoms with E-state index < -0.39 is 0 Å². The van der Waals surface area contributed by atoms with Crippen molar-refractivity contribution in [2.45, 2.75) is 46.1 Å². The molecule has 0 bridgehead atoms. The molecule has 1 N–H and O–H groups in total. The van der Waals surface area contributed by atoms with Crippen molar-refractivity contribution in [1.82, 2.24) is 5.32 Å². The van der Waals surface area contributed by atoms with Gasteiger partial charge in [-0.15, -0.1) is 0 Å². The minimum atomic E-state index is -0.0829. The molecule has 0 aromatic rings. The van der Waals surface area contributed by atoms with Gasteiger partial charge in [-0.25, -0.2) is 0 Å². The maximum absolute atomic E-state index is 11.4. The molecule has 15 heavy (non-hydrogen) atoms. The van der Waals surface area contributed by atoms with Crippen LogP contribution in [-0.2, 0) is 9.53 Å². The Kier molecular flexibility index (Phi) is 5.09. The lowest BCUT2D eigenvalue weighted by molar-refractivity contribution is -0.146. The Morgan fingerprint density at radius 1 is 1.47 bits per heavy atom. The van der Waals surface area contributed by atoms with Crippen LogP contribution in [0.1, 0.15) is 40.0 Å². The first kappa shape index (κ1) is 12.5. The second-order valence-electron chi connectivity index (χ2n) is 4.79. The van der Waals surface area contributed by atoms with Gasteiger partial charge < -0.3 is 10.1 Å². The van der Waals surface area contributed by atoms with Crippen molar-refractivity contribution < 1.29 is 9.53 Å². The lowest BCUT2D eigenvalue weighted by Crippen LogP contribution is -2.45. The van der Waals surface area contributed by atoms with Gasteiger partial charge in [-0.3, -0.25) is 4.79 Å². The monoisotopic (exact) mass is 213 g/mol. The van der Waals surface area contributed by atoms with Gasteiger partial charge in [-0.05, 0) is 44.6 Å². The van der Waals surface area contributed by atoms with E-state index in [0.717, 1.165) is 31.2 Å². The Hall–Kier alpha value is -0.570. The van der Waals surface area contributed by atoms with Crippen LogP contribution in [0.25, 0.3) is 0 Å². The lowest BCUT2D eigenvalue weighted by atomic mass is 9.88. The van der Waals surface area contributed by atoms with E-state index >= 15 is 0 Å². The van der Waals surface area contributed by atoms with Gasteiger partial charge in [0, 0.05) is 0 Å². The number of rotatable bonds is 4. The highest BCUT2D eigenvalue weighted by atomic mass is 16.5. The van der Waals surface area contributed by atoms with Gasteiger partial charge in [-0.2, -0.15) is 0 Å². The van der Waals surface area contributed by atoms with E-state index in [1.807, 2.05) is 6.92 Å². The van der Waals surface area contributed by atoms with E-state index in [1.165, 1.54) is 6.42 Å². The second-order valence-corrected chi connectivity index (χ2v) is 4.79. The Morgan fingerprint density at radius 3 is 2.67 bits per heavy atom. The molecule has 1 rings (SSSR count). The Balaban J connectivity index is 2.26. The molecule has 0 aromatic heterocycles. The highest BCUT2D eigenvalue weighted by molar-refractivity contribution is 5.75. The quantitative estimate of drug-likeness (QED) is 0.726. The summed E-state index contributed by atoms with van der Waals surface area (Å²) in [7, 11) is 0. The van der Waals surface area contributed by atoms with Crippen molar-refractivity contribution in [1.29, 1.82) is 0 Å². The number of carbonyl (C=O) groups excluding carboxylic acids is 1. The van der Waals surface area contributed by atoms with Gasteiger partial charge in [0.25, 0.3) is 0 Å². The van der Waals surface area contributed by atoms with Crippen molar-refractivity contribution in [3.8, 4) is 0 Å². The predicted octanol–water partition coefficient (Wildman–Crippen LogP) is 1.96. The number of ether oxygens (including phenoxy) is 1. The van der Waals surface area contributed by atoms with E-state index in [1.54, 1.807) is 0 Å². The Bertz CT molecular complexity index is 196. The largest absolute Gasteiger partial charge is 0.465 e. The maximum atomic E-state index is 11.4. The molecule has 0 radical (unpaired) electrons. The fourth-order valence-electron chi connectivity index (χ4n) is 2.23. The molecule has 0 aliphatic carbocycles. The summed E-state index contributed by atoms with van der Waals surface area (Å²) in [4.78, 5) is 11.4. The molecule has 0 amide bonds. The summed E-state index contributed by atoms with van der Waals surface area (Å²) >= 11 is 0. The van der Waals surface area contributed by atoms with Gasteiger partial charge in [0.15, 0.2) is 0 Å². The summed E-state index contributed by atoms with van der Waals surface area (Å²) in [6.45, 7) is 7.78. The molecule has 88 valence electrons. The first-order valence-electron chi connectivity index (χ1n) is 6.03. The van der Waals surface area contributed by atoms with E-state index in [9.17, 15) is 4.79 Å². The molecule has 1 aliphatic heterocycles. The van der Waals surface area contributed by atoms with E-state index in [4.69, 9.17) is 4.74 Å². The zero-order valence-corrected chi connectivity index (χ0v) is 10.1. The Labute approximate surface area is 92.6 Å². The van der Waals surface area contributed by atoms with Crippen molar-refractivity contribution in [3.63, 3.8) is 0 Å². The van der Waals surface area contributed by atoms with Gasteiger partial charge in [-0.1, -0.05) is 13.8 Å². The number of esters is 1. The van der Waals surface area contributed by atoms with Gasteiger partial charge >= 0.3 is 5.97 Å². The van der Waals surface area contributed by atoms with Gasteiger partial charge in [0.05, 0.1) is 6.61 Å². The van der Waals surface area contributed by atoms with Crippen molar-refractivity contribution >= 4 is 5.97 Å². The molecule has 1 aliphatic rings. The van der Waals surface area contributed by atoms with Crippen LogP contribution in [0.4, 0.5) is 0 Å². The summed E-state index contributed by atoms with van der Waals surface area (Å²) in [6, 6.07) is -0.0617. The highest BCUT2D eigenvalue weighted by Gasteiger charge is 2.26. The van der Waals surface area contributed by atoms with Crippen molar-refractivity contribution in [2.75, 3.05) is 13.2 Å². The van der Waals surface area contributed by atoms with Crippen LogP contribution in [0.15, 0.2) is 0 Å². The zero-order chi connectivity index (χ0) is 11.3. The van der Waals surface area contributed by atoms with Crippen LogP contribution in [-0.4, -0.2) is 25.2 Å². The van der Waals surface area contributed by atoms with E-state index in [2.05, 4.69) is 19.2 Å². The summed E-state index contributed by atoms with van der Waals surface area (Å²) < 4.78 is 5.00. The number of hydrogen-bond donors (Lipinski definition) is 1. The van der Waals surface area contributed by atoms with Crippen LogP contribution >= 0.6 is 0 Å². The molecule has 0 aromatic carbocycles. The van der Waals surface area contributed by atoms with Gasteiger partial charge in [0.2, 0.25) is 0 Å². The minimum Gasteiger partial charge on any atom is -0.465 e. The number of hydrogen-bond acceptors (Lipinski definition) is 3. The highest BCUT2D eigenvalue weighted by Crippen LogP contribution is 2.21. The van der Waals surface area contributed by atoms with Crippen LogP contribution in [0.5, 0.6) is 0 Å². The first-order chi connectivity index (χ1) is 7.13. The average Bonchev–Trinajstić information content (AvgIpc) is 2.18. The third-order valence-electron chi connectivity index (χ3n) is 2.89. The Morgan fingerprint density at radius 2 is 2.20 bits per heavy atom. The first-order valence-corrected chi connectivity index (χ1v) is 6.03. The molecule has 0 saturated carbocycles. The topological polar surface area (TPSA) is 38.3 Å². The molecule has 2 atom stereocenters. The standard InChI is InChI=1S/C12H23NO2/c1-4-15-12(14)11-6-5-10(8-13-11)7-9(2)3/h9-11,13H,4-8H2,1-3H3/t10-,11-/m1/s1. The maximum Gasteiger partial charge on any atom is 0.323 e. The molecular weight excluding hydrogens is 190 g/mol.